The van der Waals surface area contributed by atoms with Gasteiger partial charge in [-0.15, -0.1) is 0 Å². The lowest BCUT2D eigenvalue weighted by Gasteiger charge is -2.43. The van der Waals surface area contributed by atoms with Crippen LogP contribution in [0.4, 0.5) is 21.0 Å². The molecule has 0 bridgehead atoms. The largest absolute Gasteiger partial charge is 0.453 e. The van der Waals surface area contributed by atoms with Crippen LogP contribution in [0.2, 0.25) is 0 Å². The number of aromatic nitrogens is 4. The van der Waals surface area contributed by atoms with Gasteiger partial charge < -0.3 is 49.7 Å². The molecule has 368 valence electrons. The van der Waals surface area contributed by atoms with E-state index in [1.807, 2.05) is 42.4 Å². The topological polar surface area (TPSA) is 198 Å². The number of alkyl carbamates (subject to hydrolysis) is 2. The van der Waals surface area contributed by atoms with Gasteiger partial charge in [0.05, 0.1) is 54.8 Å². The molecule has 4 fully saturated rings. The molecule has 4 saturated heterocycles. The van der Waals surface area contributed by atoms with Gasteiger partial charge in [-0.05, 0) is 111 Å². The molecule has 4 aromatic rings. The third-order valence-electron chi connectivity index (χ3n) is 15.3. The maximum atomic E-state index is 14.0. The lowest BCUT2D eigenvalue weighted by molar-refractivity contribution is -0.136. The Morgan fingerprint density at radius 2 is 1.33 bits per heavy atom. The van der Waals surface area contributed by atoms with Crippen LogP contribution in [0.3, 0.4) is 0 Å². The van der Waals surface area contributed by atoms with Gasteiger partial charge in [-0.3, -0.25) is 14.4 Å². The zero-order valence-corrected chi connectivity index (χ0v) is 41.0. The average Bonchev–Trinajstić information content (AvgIpc) is 4.21. The van der Waals surface area contributed by atoms with E-state index in [1.54, 1.807) is 0 Å². The summed E-state index contributed by atoms with van der Waals surface area (Å²) in [5.74, 6) is 1.11. The van der Waals surface area contributed by atoms with E-state index in [9.17, 15) is 24.0 Å². The molecule has 4 aliphatic heterocycles. The number of carbonyl (C=O) groups is 5. The Bertz CT molecular complexity index is 2600. The van der Waals surface area contributed by atoms with E-state index < -0.39 is 24.3 Å². The fraction of sp³-hybridized carbons (Fsp3) is 0.558. The number of fused-ring (bicyclic) bond motifs is 2. The average molecular weight is 945 g/mol. The van der Waals surface area contributed by atoms with Crippen molar-refractivity contribution in [2.24, 2.45) is 17.3 Å². The summed E-state index contributed by atoms with van der Waals surface area (Å²) in [6, 6.07) is 13.1. The first-order valence-electron chi connectivity index (χ1n) is 24.9. The maximum Gasteiger partial charge on any atom is 0.407 e. The summed E-state index contributed by atoms with van der Waals surface area (Å²) in [6.45, 7) is 11.9. The molecule has 7 atom stereocenters. The van der Waals surface area contributed by atoms with Crippen molar-refractivity contribution in [3.63, 3.8) is 0 Å². The predicted octanol–water partition coefficient (Wildman–Crippen LogP) is 7.88. The molecule has 17 heteroatoms. The summed E-state index contributed by atoms with van der Waals surface area (Å²) < 4.78 is 9.69. The van der Waals surface area contributed by atoms with Crippen molar-refractivity contribution in [2.45, 2.75) is 135 Å². The van der Waals surface area contributed by atoms with Crippen LogP contribution in [-0.4, -0.2) is 112 Å². The zero-order valence-electron chi connectivity index (χ0n) is 41.0. The number of aromatic amines is 2. The standard InChI is InChI=1S/C52H68N10O7/c1-30(2)44(57-50(66)68-6)48(64)60-26-10-12-40(60)46-53-35-20-15-32(28-37(35)55-46)39-21-22-42(62(39)34-18-16-33(17-19-34)59-25-9-8-14-43(59)63)52(5)24-23-36-38(29-52)56-47(54-36)41-13-11-27-61(41)49(65)45(31(3)4)58-51(67)69-7/h15-20,23-24,28,30-31,39-42,44-45H,8-14,21-22,25-27,29H2,1-7H3,(H,53,55)(H,54,56)(H,57,66)(H,58,67)/t39-,40+,41+,42-,44+,45+,52?/m1/s1. The van der Waals surface area contributed by atoms with Crippen LogP contribution in [0.25, 0.3) is 17.1 Å². The molecule has 0 spiro atoms. The summed E-state index contributed by atoms with van der Waals surface area (Å²) in [6.07, 6.45) is 11.4. The van der Waals surface area contributed by atoms with Gasteiger partial charge >= 0.3 is 12.2 Å². The van der Waals surface area contributed by atoms with Gasteiger partial charge in [0.2, 0.25) is 17.7 Å². The smallest absolute Gasteiger partial charge is 0.407 e. The number of ether oxygens (including phenoxy) is 2. The van der Waals surface area contributed by atoms with Crippen LogP contribution in [0.15, 0.2) is 48.5 Å². The number of anilines is 2. The van der Waals surface area contributed by atoms with Crippen molar-refractivity contribution < 1.29 is 33.4 Å². The number of rotatable bonds is 12. The molecule has 1 aliphatic carbocycles. The molecule has 9 rings (SSSR count). The number of imidazole rings is 2. The molecular weight excluding hydrogens is 877 g/mol. The van der Waals surface area contributed by atoms with Gasteiger partial charge in [0, 0.05) is 55.3 Å². The fourth-order valence-electron chi connectivity index (χ4n) is 11.6. The first-order chi connectivity index (χ1) is 33.2. The van der Waals surface area contributed by atoms with E-state index >= 15 is 0 Å². The van der Waals surface area contributed by atoms with Crippen molar-refractivity contribution in [3.8, 4) is 0 Å². The van der Waals surface area contributed by atoms with Gasteiger partial charge in [-0.2, -0.15) is 0 Å². The summed E-state index contributed by atoms with van der Waals surface area (Å²) in [5.41, 5.74) is 6.44. The number of carbonyl (C=O) groups excluding carboxylic acids is 5. The molecule has 0 radical (unpaired) electrons. The second kappa shape index (κ2) is 19.5. The summed E-state index contributed by atoms with van der Waals surface area (Å²) in [4.78, 5) is 91.0. The molecule has 2 aromatic carbocycles. The summed E-state index contributed by atoms with van der Waals surface area (Å²) in [7, 11) is 2.60. The van der Waals surface area contributed by atoms with Crippen LogP contribution in [0.5, 0.6) is 0 Å². The monoisotopic (exact) mass is 945 g/mol. The minimum absolute atomic E-state index is 0.00898. The van der Waals surface area contributed by atoms with E-state index in [-0.39, 0.29) is 59.1 Å². The van der Waals surface area contributed by atoms with Gasteiger partial charge in [-0.25, -0.2) is 19.6 Å². The van der Waals surface area contributed by atoms with E-state index in [2.05, 4.69) is 87.0 Å². The SMILES string of the molecule is COC(=O)N[C@H](C(=O)N1CCC[C@H]1c1nc2c([nH]1)C=CC(C)([C@H]1CC[C@H](c3ccc4[nH]c([C@@H]5CCCN5C(=O)[C@@H](NC(=O)OC)C(C)C)nc4c3)N1c1ccc(N3CCCCC3=O)cc1)C2)C(C)C. The van der Waals surface area contributed by atoms with Crippen molar-refractivity contribution in [1.29, 1.82) is 0 Å². The number of piperidine rings is 1. The van der Waals surface area contributed by atoms with E-state index in [0.717, 1.165) is 109 Å². The minimum atomic E-state index is -0.721. The highest BCUT2D eigenvalue weighted by Crippen LogP contribution is 2.50. The van der Waals surface area contributed by atoms with Crippen LogP contribution in [0.1, 0.15) is 139 Å². The highest BCUT2D eigenvalue weighted by atomic mass is 16.5. The Labute approximate surface area is 404 Å². The molecular formula is C52H68N10O7. The third-order valence-corrected chi connectivity index (χ3v) is 15.3. The molecule has 0 saturated carbocycles. The number of nitrogens with one attached hydrogen (secondary N) is 4. The normalized spacial score (nSPS) is 24.6. The second-order valence-electron chi connectivity index (χ2n) is 20.5. The number of H-pyrrole nitrogens is 2. The highest BCUT2D eigenvalue weighted by molar-refractivity contribution is 5.94. The molecule has 69 heavy (non-hydrogen) atoms. The molecule has 6 heterocycles. The maximum absolute atomic E-state index is 14.0. The Morgan fingerprint density at radius 1 is 0.725 bits per heavy atom. The second-order valence-corrected chi connectivity index (χ2v) is 20.5. The molecule has 4 N–H and O–H groups in total. The molecule has 1 unspecified atom stereocenters. The minimum Gasteiger partial charge on any atom is -0.453 e. The Balaban J connectivity index is 1.000. The quantitative estimate of drug-likeness (QED) is 0.108. The van der Waals surface area contributed by atoms with E-state index in [1.165, 1.54) is 14.2 Å². The summed E-state index contributed by atoms with van der Waals surface area (Å²) in [5, 5.41) is 5.49. The van der Waals surface area contributed by atoms with Crippen LogP contribution in [-0.2, 0) is 30.3 Å². The molecule has 5 aliphatic rings. The van der Waals surface area contributed by atoms with E-state index in [4.69, 9.17) is 19.4 Å². The fourth-order valence-corrected chi connectivity index (χ4v) is 11.6. The van der Waals surface area contributed by atoms with Crippen LogP contribution < -0.4 is 20.4 Å². The van der Waals surface area contributed by atoms with Crippen molar-refractivity contribution in [1.82, 2.24) is 40.4 Å². The molecule has 17 nitrogen and oxygen atoms in total. The van der Waals surface area contributed by atoms with Gasteiger partial charge in [0.15, 0.2) is 0 Å². The third kappa shape index (κ3) is 9.28. The highest BCUT2D eigenvalue weighted by Gasteiger charge is 2.47. The van der Waals surface area contributed by atoms with Crippen molar-refractivity contribution in [2.75, 3.05) is 43.7 Å². The van der Waals surface area contributed by atoms with Crippen LogP contribution in [0, 0.1) is 17.3 Å². The number of methoxy groups -OCH3 is 2. The number of hydrogen-bond donors (Lipinski definition) is 4. The zero-order chi connectivity index (χ0) is 48.7. The number of nitrogens with zero attached hydrogens (tertiary/aromatic N) is 6. The summed E-state index contributed by atoms with van der Waals surface area (Å²) >= 11 is 0. The Kier molecular flexibility index (Phi) is 13.5. The van der Waals surface area contributed by atoms with Crippen molar-refractivity contribution >= 4 is 58.4 Å². The lowest BCUT2D eigenvalue weighted by atomic mass is 9.74. The number of likely N-dealkylation sites (tertiary alicyclic amines) is 2. The number of amides is 5. The first-order valence-corrected chi connectivity index (χ1v) is 24.9. The predicted molar refractivity (Wildman–Crippen MR) is 262 cm³/mol. The Hall–Kier alpha value is -6.39. The van der Waals surface area contributed by atoms with Gasteiger partial charge in [0.25, 0.3) is 0 Å². The van der Waals surface area contributed by atoms with E-state index in [0.29, 0.717) is 25.9 Å². The molecule has 2 aromatic heterocycles. The lowest BCUT2D eigenvalue weighted by Crippen LogP contribution is -2.51. The first kappa shape index (κ1) is 47.7. The Morgan fingerprint density at radius 3 is 1.93 bits per heavy atom. The number of hydrogen-bond acceptors (Lipinski definition) is 10. The molecule has 5 amide bonds. The number of benzene rings is 2. The van der Waals surface area contributed by atoms with Gasteiger partial charge in [0.1, 0.15) is 23.7 Å². The van der Waals surface area contributed by atoms with Gasteiger partial charge in [-0.1, -0.05) is 46.8 Å². The van der Waals surface area contributed by atoms with Crippen LogP contribution >= 0.6 is 0 Å². The van der Waals surface area contributed by atoms with Crippen molar-refractivity contribution in [3.05, 3.63) is 77.1 Å².